The van der Waals surface area contributed by atoms with Crippen LogP contribution in [0, 0.1) is 23.1 Å². The molecule has 0 aromatic heterocycles. The van der Waals surface area contributed by atoms with E-state index in [1.165, 1.54) is 6.07 Å². The van der Waals surface area contributed by atoms with E-state index < -0.39 is 0 Å². The van der Waals surface area contributed by atoms with Gasteiger partial charge in [0.2, 0.25) is 0 Å². The van der Waals surface area contributed by atoms with Gasteiger partial charge in [0, 0.05) is 11.6 Å². The standard InChI is InChI=1S/C11H11FN2/c12-10-5-7(6-13)1-4-9(10)11(14)8-2-3-8/h1,4-5,8,11H,2-3,14H2. The van der Waals surface area contributed by atoms with Crippen molar-refractivity contribution in [2.45, 2.75) is 18.9 Å². The molecule has 1 saturated carbocycles. The molecule has 2 rings (SSSR count). The zero-order valence-electron chi connectivity index (χ0n) is 7.70. The summed E-state index contributed by atoms with van der Waals surface area (Å²) in [7, 11) is 0. The molecule has 0 saturated heterocycles. The average molecular weight is 190 g/mol. The number of benzene rings is 1. The number of hydrogen-bond donors (Lipinski definition) is 1. The van der Waals surface area contributed by atoms with E-state index in [1.807, 2.05) is 6.07 Å². The highest BCUT2D eigenvalue weighted by atomic mass is 19.1. The van der Waals surface area contributed by atoms with Crippen molar-refractivity contribution in [1.29, 1.82) is 5.26 Å². The molecular formula is C11H11FN2. The predicted molar refractivity (Wildman–Crippen MR) is 50.8 cm³/mol. The van der Waals surface area contributed by atoms with Crippen LogP contribution in [0.25, 0.3) is 0 Å². The van der Waals surface area contributed by atoms with Crippen molar-refractivity contribution in [3.8, 4) is 6.07 Å². The molecule has 72 valence electrons. The Kier molecular flexibility index (Phi) is 2.22. The van der Waals surface area contributed by atoms with Crippen molar-refractivity contribution in [2.24, 2.45) is 11.7 Å². The molecule has 1 unspecified atom stereocenters. The second kappa shape index (κ2) is 3.39. The molecule has 14 heavy (non-hydrogen) atoms. The third-order valence-electron chi connectivity index (χ3n) is 2.62. The molecule has 0 heterocycles. The summed E-state index contributed by atoms with van der Waals surface area (Å²) in [6.45, 7) is 0. The van der Waals surface area contributed by atoms with E-state index in [2.05, 4.69) is 0 Å². The Labute approximate surface area is 82.1 Å². The Morgan fingerprint density at radius 1 is 1.50 bits per heavy atom. The van der Waals surface area contributed by atoms with Crippen molar-refractivity contribution in [3.05, 3.63) is 35.1 Å². The van der Waals surface area contributed by atoms with Crippen LogP contribution in [0.15, 0.2) is 18.2 Å². The van der Waals surface area contributed by atoms with Gasteiger partial charge in [-0.2, -0.15) is 5.26 Å². The van der Waals surface area contributed by atoms with Crippen molar-refractivity contribution < 1.29 is 4.39 Å². The van der Waals surface area contributed by atoms with E-state index in [0.717, 1.165) is 12.8 Å². The van der Waals surface area contributed by atoms with E-state index in [0.29, 0.717) is 17.0 Å². The van der Waals surface area contributed by atoms with E-state index in [1.54, 1.807) is 12.1 Å². The summed E-state index contributed by atoms with van der Waals surface area (Å²) >= 11 is 0. The molecule has 0 radical (unpaired) electrons. The summed E-state index contributed by atoms with van der Waals surface area (Å²) in [6.07, 6.45) is 2.17. The highest BCUT2D eigenvalue weighted by Gasteiger charge is 2.30. The van der Waals surface area contributed by atoms with Crippen LogP contribution in [0.3, 0.4) is 0 Å². The van der Waals surface area contributed by atoms with Gasteiger partial charge < -0.3 is 5.73 Å². The van der Waals surface area contributed by atoms with Crippen molar-refractivity contribution >= 4 is 0 Å². The minimum atomic E-state index is -0.358. The second-order valence-corrected chi connectivity index (χ2v) is 3.71. The number of rotatable bonds is 2. The van der Waals surface area contributed by atoms with Gasteiger partial charge in [0.1, 0.15) is 5.82 Å². The molecule has 2 nitrogen and oxygen atoms in total. The lowest BCUT2D eigenvalue weighted by atomic mass is 10.0. The molecule has 0 bridgehead atoms. The van der Waals surface area contributed by atoms with Crippen LogP contribution in [0.4, 0.5) is 4.39 Å². The van der Waals surface area contributed by atoms with Crippen LogP contribution in [0.2, 0.25) is 0 Å². The predicted octanol–water partition coefficient (Wildman–Crippen LogP) is 2.11. The summed E-state index contributed by atoms with van der Waals surface area (Å²) in [6, 6.07) is 6.17. The number of nitriles is 1. The molecule has 3 heteroatoms. The zero-order valence-corrected chi connectivity index (χ0v) is 7.70. The normalized spacial score (nSPS) is 17.5. The zero-order chi connectivity index (χ0) is 10.1. The van der Waals surface area contributed by atoms with Gasteiger partial charge in [0.05, 0.1) is 11.6 Å². The van der Waals surface area contributed by atoms with Crippen molar-refractivity contribution in [2.75, 3.05) is 0 Å². The van der Waals surface area contributed by atoms with Crippen LogP contribution in [0.5, 0.6) is 0 Å². The Bertz CT molecular complexity index is 391. The second-order valence-electron chi connectivity index (χ2n) is 3.71. The van der Waals surface area contributed by atoms with E-state index in [4.69, 9.17) is 11.0 Å². The molecule has 0 spiro atoms. The largest absolute Gasteiger partial charge is 0.324 e. The van der Waals surface area contributed by atoms with Gasteiger partial charge in [0.15, 0.2) is 0 Å². The molecule has 0 amide bonds. The molecule has 1 aromatic carbocycles. The van der Waals surface area contributed by atoms with Crippen molar-refractivity contribution in [3.63, 3.8) is 0 Å². The van der Waals surface area contributed by atoms with Gasteiger partial charge in [0.25, 0.3) is 0 Å². The molecular weight excluding hydrogens is 179 g/mol. The molecule has 0 aliphatic heterocycles. The molecule has 1 aliphatic rings. The maximum absolute atomic E-state index is 13.4. The lowest BCUT2D eigenvalue weighted by molar-refractivity contribution is 0.553. The maximum atomic E-state index is 13.4. The highest BCUT2D eigenvalue weighted by Crippen LogP contribution is 2.40. The molecule has 1 aliphatic carbocycles. The first-order valence-corrected chi connectivity index (χ1v) is 4.67. The summed E-state index contributed by atoms with van der Waals surface area (Å²) in [5.41, 5.74) is 6.75. The summed E-state index contributed by atoms with van der Waals surface area (Å²) < 4.78 is 13.4. The minimum Gasteiger partial charge on any atom is -0.324 e. The first-order valence-electron chi connectivity index (χ1n) is 4.67. The summed E-state index contributed by atoms with van der Waals surface area (Å²) in [5.74, 6) is 0.0703. The van der Waals surface area contributed by atoms with E-state index >= 15 is 0 Å². The Hall–Kier alpha value is -1.40. The van der Waals surface area contributed by atoms with E-state index in [9.17, 15) is 4.39 Å². The van der Waals surface area contributed by atoms with Crippen LogP contribution < -0.4 is 5.73 Å². The first kappa shape index (κ1) is 9.17. The van der Waals surface area contributed by atoms with E-state index in [-0.39, 0.29) is 11.9 Å². The fourth-order valence-electron chi connectivity index (χ4n) is 1.58. The highest BCUT2D eigenvalue weighted by molar-refractivity contribution is 5.34. The minimum absolute atomic E-state index is 0.206. The van der Waals surface area contributed by atoms with Gasteiger partial charge in [-0.15, -0.1) is 0 Å². The van der Waals surface area contributed by atoms with Gasteiger partial charge >= 0.3 is 0 Å². The van der Waals surface area contributed by atoms with Crippen molar-refractivity contribution in [1.82, 2.24) is 0 Å². The van der Waals surface area contributed by atoms with Gasteiger partial charge in [-0.25, -0.2) is 4.39 Å². The fraction of sp³-hybridized carbons (Fsp3) is 0.364. The number of nitrogens with two attached hydrogens (primary N) is 1. The quantitative estimate of drug-likeness (QED) is 0.776. The number of hydrogen-bond acceptors (Lipinski definition) is 2. The fourth-order valence-corrected chi connectivity index (χ4v) is 1.58. The van der Waals surface area contributed by atoms with Gasteiger partial charge in [-0.05, 0) is 30.9 Å². The molecule has 1 fully saturated rings. The number of halogens is 1. The molecule has 1 atom stereocenters. The van der Waals surface area contributed by atoms with Crippen LogP contribution in [0.1, 0.15) is 30.0 Å². The summed E-state index contributed by atoms with van der Waals surface area (Å²) in [5, 5.41) is 8.57. The van der Waals surface area contributed by atoms with Crippen LogP contribution in [-0.4, -0.2) is 0 Å². The van der Waals surface area contributed by atoms with Crippen LogP contribution in [-0.2, 0) is 0 Å². The number of nitrogens with zero attached hydrogens (tertiary/aromatic N) is 1. The van der Waals surface area contributed by atoms with Gasteiger partial charge in [-0.3, -0.25) is 0 Å². The Balaban J connectivity index is 2.30. The molecule has 2 N–H and O–H groups in total. The van der Waals surface area contributed by atoms with Crippen LogP contribution >= 0.6 is 0 Å². The Morgan fingerprint density at radius 2 is 2.21 bits per heavy atom. The first-order chi connectivity index (χ1) is 6.72. The lowest BCUT2D eigenvalue weighted by Gasteiger charge is -2.11. The maximum Gasteiger partial charge on any atom is 0.129 e. The summed E-state index contributed by atoms with van der Waals surface area (Å²) in [4.78, 5) is 0. The Morgan fingerprint density at radius 3 is 2.71 bits per heavy atom. The third-order valence-corrected chi connectivity index (χ3v) is 2.62. The third kappa shape index (κ3) is 1.61. The topological polar surface area (TPSA) is 49.8 Å². The monoisotopic (exact) mass is 190 g/mol. The molecule has 1 aromatic rings. The average Bonchev–Trinajstić information content (AvgIpc) is 3.00. The van der Waals surface area contributed by atoms with Gasteiger partial charge in [-0.1, -0.05) is 6.07 Å². The lowest BCUT2D eigenvalue weighted by Crippen LogP contribution is -2.14. The SMILES string of the molecule is N#Cc1ccc(C(N)C2CC2)c(F)c1. The smallest absolute Gasteiger partial charge is 0.129 e.